The fraction of sp³-hybridized carbons (Fsp3) is 0.547. The molecule has 0 aromatic heterocycles. The second kappa shape index (κ2) is 21.9. The number of carbonyl (C=O) groups excluding carboxylic acids is 4. The third-order valence-corrected chi connectivity index (χ3v) is 13.3. The molecular weight excluding hydrogens is 855 g/mol. The van der Waals surface area contributed by atoms with E-state index in [0.717, 1.165) is 55.2 Å². The Bertz CT molecular complexity index is 2210. The smallest absolute Gasteiger partial charge is 0.327 e. The third kappa shape index (κ3) is 11.8. The number of fused-ring (bicyclic) bond motifs is 4. The average Bonchev–Trinajstić information content (AvgIpc) is 3.86. The fourth-order valence-corrected chi connectivity index (χ4v) is 9.95. The van der Waals surface area contributed by atoms with Crippen molar-refractivity contribution in [1.82, 2.24) is 15.7 Å². The number of hydrogen-bond acceptors (Lipinski definition) is 12. The highest BCUT2D eigenvalue weighted by atomic mass is 16.8. The topological polar surface area (TPSA) is 182 Å². The summed E-state index contributed by atoms with van der Waals surface area (Å²) in [4.78, 5) is 62.0. The number of phenolic OH excluding ortho intramolecular Hbond substituents is 1. The van der Waals surface area contributed by atoms with Crippen molar-refractivity contribution in [2.45, 2.75) is 173 Å². The van der Waals surface area contributed by atoms with Crippen LogP contribution in [0.2, 0.25) is 0 Å². The number of allylic oxidation sites excluding steroid dienone is 1. The minimum atomic E-state index is -1.39. The molecule has 0 radical (unpaired) electrons. The maximum absolute atomic E-state index is 15.1. The number of hydrogen-bond donors (Lipinski definition) is 4. The van der Waals surface area contributed by atoms with Gasteiger partial charge in [-0.05, 0) is 86.9 Å². The van der Waals surface area contributed by atoms with E-state index in [0.29, 0.717) is 30.4 Å². The van der Waals surface area contributed by atoms with Gasteiger partial charge >= 0.3 is 11.9 Å². The molecule has 4 N–H and O–H groups in total. The summed E-state index contributed by atoms with van der Waals surface area (Å²) in [5.41, 5.74) is 1.57. The zero-order chi connectivity index (χ0) is 47.8. The van der Waals surface area contributed by atoms with Crippen molar-refractivity contribution in [3.8, 4) is 5.75 Å². The number of esters is 2. The van der Waals surface area contributed by atoms with Crippen molar-refractivity contribution in [3.05, 3.63) is 107 Å². The number of phenols is 1. The van der Waals surface area contributed by atoms with Gasteiger partial charge in [0.05, 0.1) is 19.2 Å². The normalized spacial score (nSPS) is 24.5. The number of aromatic hydroxyl groups is 1. The first kappa shape index (κ1) is 49.8. The molecule has 7 unspecified atom stereocenters. The molecule has 14 nitrogen and oxygen atoms in total. The lowest BCUT2D eigenvalue weighted by Crippen LogP contribution is -2.69. The van der Waals surface area contributed by atoms with E-state index in [2.05, 4.69) is 24.5 Å². The number of nitrogens with zero attached hydrogens (tertiary/aromatic N) is 1. The molecule has 2 amide bonds. The number of amides is 2. The van der Waals surface area contributed by atoms with Crippen LogP contribution in [0.15, 0.2) is 78.9 Å². The van der Waals surface area contributed by atoms with Crippen LogP contribution in [0.1, 0.15) is 138 Å². The maximum Gasteiger partial charge on any atom is 0.327 e. The van der Waals surface area contributed by atoms with Gasteiger partial charge < -0.3 is 39.8 Å². The summed E-state index contributed by atoms with van der Waals surface area (Å²) in [6, 6.07) is 20.2. The van der Waals surface area contributed by atoms with Crippen molar-refractivity contribution >= 4 is 29.8 Å². The molecular formula is C53H69N3O11. The fourth-order valence-electron chi connectivity index (χ4n) is 9.95. The van der Waals surface area contributed by atoms with Gasteiger partial charge in [0.2, 0.25) is 5.91 Å². The third-order valence-electron chi connectivity index (χ3n) is 13.3. The minimum absolute atomic E-state index is 0.0262. The molecule has 7 rings (SSSR count). The number of ether oxygens (including phenoxy) is 4. The van der Waals surface area contributed by atoms with Crippen molar-refractivity contribution in [2.75, 3.05) is 6.61 Å². The van der Waals surface area contributed by atoms with Gasteiger partial charge in [0.15, 0.2) is 11.8 Å². The molecule has 2 bridgehead atoms. The Hall–Kier alpha value is -5.12. The summed E-state index contributed by atoms with van der Waals surface area (Å²) in [7, 11) is 0. The molecule has 362 valence electrons. The van der Waals surface area contributed by atoms with E-state index in [9.17, 15) is 24.6 Å². The molecule has 67 heavy (non-hydrogen) atoms. The van der Waals surface area contributed by atoms with Gasteiger partial charge in [0, 0.05) is 37.8 Å². The number of unbranched alkanes of at least 4 members (excludes halogenated alkanes) is 4. The zero-order valence-electron chi connectivity index (χ0n) is 39.7. The standard InChI is InChI=1S/C53H69N3O11/c1-6-8-12-28-52(29-13-9-7-2)65-44-42-31-53(50(62)54-32-37-17-15-20-39(30-37)48(60)55-40(34-57)26-27-43(59)64-51(3,4)5)46(49(61)63-42)56(67-47(53)45(44)66-52)33-36-24-22-35(23-25-36)16-14-19-38-18-10-11-21-41(38)58/h10-11,14-18,20-25,30,40,42,44-47,57-58H,6-9,12-13,19,26-29,31-34H2,1-5H3,(H,54,62)(H,55,60). The van der Waals surface area contributed by atoms with Crippen LogP contribution in [-0.4, -0.2) is 93.5 Å². The lowest BCUT2D eigenvalue weighted by molar-refractivity contribution is -0.224. The van der Waals surface area contributed by atoms with Crippen LogP contribution < -0.4 is 10.6 Å². The largest absolute Gasteiger partial charge is 0.508 e. The van der Waals surface area contributed by atoms with E-state index in [1.165, 1.54) is 0 Å². The van der Waals surface area contributed by atoms with Crippen LogP contribution in [0.5, 0.6) is 5.75 Å². The summed E-state index contributed by atoms with van der Waals surface area (Å²) in [5, 5.41) is 27.7. The number of nitrogens with one attached hydrogen (secondary N) is 2. The number of rotatable bonds is 22. The van der Waals surface area contributed by atoms with Gasteiger partial charge in [0.1, 0.15) is 41.2 Å². The predicted octanol–water partition coefficient (Wildman–Crippen LogP) is 7.62. The van der Waals surface area contributed by atoms with E-state index in [1.54, 1.807) is 62.2 Å². The molecule has 7 atom stereocenters. The molecule has 3 saturated heterocycles. The van der Waals surface area contributed by atoms with Gasteiger partial charge in [-0.1, -0.05) is 106 Å². The lowest BCUT2D eigenvalue weighted by atomic mass is 9.62. The Labute approximate surface area is 394 Å². The highest BCUT2D eigenvalue weighted by Gasteiger charge is 2.76. The van der Waals surface area contributed by atoms with Crippen molar-refractivity contribution in [3.63, 3.8) is 0 Å². The molecule has 1 saturated carbocycles. The van der Waals surface area contributed by atoms with Crippen LogP contribution in [0.25, 0.3) is 6.08 Å². The Morgan fingerprint density at radius 3 is 2.33 bits per heavy atom. The van der Waals surface area contributed by atoms with Crippen LogP contribution in [0, 0.1) is 5.41 Å². The maximum atomic E-state index is 15.1. The highest BCUT2D eigenvalue weighted by Crippen LogP contribution is 2.58. The SMILES string of the molecule is CCCCCC1(CCCCC)OC2C3CC4(C(=O)NCc5cccc(C(=O)NC(CO)CCC(=O)OC(C)(C)C)c5)C(ON(Cc5ccc(C=CCc6ccccc6O)cc5)C4C(=O)O3)C2O1. The number of aliphatic hydroxyl groups is 1. The molecule has 0 spiro atoms. The number of benzene rings is 3. The Morgan fingerprint density at radius 2 is 1.64 bits per heavy atom. The van der Waals surface area contributed by atoms with Gasteiger partial charge in [-0.2, -0.15) is 5.06 Å². The van der Waals surface area contributed by atoms with Gasteiger partial charge in [-0.3, -0.25) is 24.0 Å². The Balaban J connectivity index is 1.10. The molecule has 3 aromatic rings. The molecule has 1 aliphatic carbocycles. The second-order valence-electron chi connectivity index (χ2n) is 19.6. The second-order valence-corrected chi connectivity index (χ2v) is 19.6. The van der Waals surface area contributed by atoms with Crippen LogP contribution in [0.3, 0.4) is 0 Å². The first-order valence-corrected chi connectivity index (χ1v) is 24.2. The number of carbonyl (C=O) groups is 4. The molecule has 3 aliphatic heterocycles. The molecule has 14 heteroatoms. The first-order chi connectivity index (χ1) is 32.2. The van der Waals surface area contributed by atoms with E-state index in [4.69, 9.17) is 23.8 Å². The van der Waals surface area contributed by atoms with Crippen molar-refractivity contribution in [1.29, 1.82) is 0 Å². The Morgan fingerprint density at radius 1 is 0.925 bits per heavy atom. The zero-order valence-corrected chi connectivity index (χ0v) is 39.7. The van der Waals surface area contributed by atoms with Crippen LogP contribution in [0.4, 0.5) is 0 Å². The monoisotopic (exact) mass is 923 g/mol. The van der Waals surface area contributed by atoms with E-state index in [1.807, 2.05) is 48.6 Å². The summed E-state index contributed by atoms with van der Waals surface area (Å²) in [6.07, 6.45) is 9.31. The molecule has 3 heterocycles. The Kier molecular flexibility index (Phi) is 16.3. The van der Waals surface area contributed by atoms with Gasteiger partial charge in [-0.15, -0.1) is 0 Å². The summed E-state index contributed by atoms with van der Waals surface area (Å²) >= 11 is 0. The van der Waals surface area contributed by atoms with Gasteiger partial charge in [0.25, 0.3) is 5.91 Å². The van der Waals surface area contributed by atoms with E-state index in [-0.39, 0.29) is 50.6 Å². The minimum Gasteiger partial charge on any atom is -0.508 e. The van der Waals surface area contributed by atoms with Crippen LogP contribution >= 0.6 is 0 Å². The molecule has 4 fully saturated rings. The quantitative estimate of drug-likeness (QED) is 0.0573. The number of para-hydroxylation sites is 1. The van der Waals surface area contributed by atoms with Crippen LogP contribution in [-0.2, 0) is 57.7 Å². The average molecular weight is 924 g/mol. The summed E-state index contributed by atoms with van der Waals surface area (Å²) in [6.45, 7) is 9.52. The van der Waals surface area contributed by atoms with E-state index >= 15 is 4.79 Å². The highest BCUT2D eigenvalue weighted by molar-refractivity contribution is 5.95. The molecule has 4 aliphatic rings. The van der Waals surface area contributed by atoms with Crippen molar-refractivity contribution < 1.29 is 53.2 Å². The predicted molar refractivity (Wildman–Crippen MR) is 251 cm³/mol. The summed E-state index contributed by atoms with van der Waals surface area (Å²) < 4.78 is 25.6. The number of hydroxylamine groups is 2. The molecule has 3 aromatic carbocycles. The van der Waals surface area contributed by atoms with Crippen molar-refractivity contribution in [2.24, 2.45) is 5.41 Å². The van der Waals surface area contributed by atoms with E-state index < -0.39 is 71.1 Å². The first-order valence-electron chi connectivity index (χ1n) is 24.2. The summed E-state index contributed by atoms with van der Waals surface area (Å²) in [5.74, 6) is -2.45. The number of aliphatic hydroxyl groups excluding tert-OH is 1. The van der Waals surface area contributed by atoms with Gasteiger partial charge in [-0.25, -0.2) is 0 Å². The lowest BCUT2D eigenvalue weighted by Gasteiger charge is -2.48.